The molecule has 0 spiro atoms. The molecule has 9 heteroatoms. The molecule has 1 aromatic heterocycles. The standard InChI is InChI=1S/C16H22N4O4S/c1-19-12-13(11-18-19)5-4-10-17-16(21)14-6-8-15(9-7-14)25(22,23)20(2)24-3/h6-9,11-12H,4-5,10H2,1-3H3,(H,17,21). The average Bonchev–Trinajstić information content (AvgIpc) is 3.03. The smallest absolute Gasteiger partial charge is 0.264 e. The summed E-state index contributed by atoms with van der Waals surface area (Å²) in [7, 11) is 0.724. The van der Waals surface area contributed by atoms with Gasteiger partial charge in [-0.2, -0.15) is 5.10 Å². The molecule has 0 fully saturated rings. The maximum atomic E-state index is 12.1. The van der Waals surface area contributed by atoms with E-state index < -0.39 is 10.0 Å². The Morgan fingerprint density at radius 2 is 2.00 bits per heavy atom. The van der Waals surface area contributed by atoms with Crippen molar-refractivity contribution in [3.05, 3.63) is 47.8 Å². The van der Waals surface area contributed by atoms with Gasteiger partial charge >= 0.3 is 0 Å². The number of aryl methyl sites for hydroxylation is 2. The molecule has 0 radical (unpaired) electrons. The monoisotopic (exact) mass is 366 g/mol. The van der Waals surface area contributed by atoms with Crippen LogP contribution < -0.4 is 5.32 Å². The van der Waals surface area contributed by atoms with E-state index in [4.69, 9.17) is 4.84 Å². The zero-order chi connectivity index (χ0) is 18.4. The van der Waals surface area contributed by atoms with Crippen molar-refractivity contribution in [1.82, 2.24) is 19.6 Å². The molecule has 1 heterocycles. The molecule has 0 saturated heterocycles. The number of nitrogens with zero attached hydrogens (tertiary/aromatic N) is 3. The predicted molar refractivity (Wildman–Crippen MR) is 92.3 cm³/mol. The molecule has 0 atom stereocenters. The van der Waals surface area contributed by atoms with E-state index in [2.05, 4.69) is 10.4 Å². The van der Waals surface area contributed by atoms with Crippen LogP contribution in [0.3, 0.4) is 0 Å². The third-order valence-electron chi connectivity index (χ3n) is 3.70. The summed E-state index contributed by atoms with van der Waals surface area (Å²) in [6, 6.07) is 5.73. The maximum Gasteiger partial charge on any atom is 0.264 e. The molecule has 0 aliphatic heterocycles. The Morgan fingerprint density at radius 1 is 1.32 bits per heavy atom. The van der Waals surface area contributed by atoms with Crippen molar-refractivity contribution in [2.75, 3.05) is 20.7 Å². The fourth-order valence-electron chi connectivity index (χ4n) is 2.22. The summed E-state index contributed by atoms with van der Waals surface area (Å²) in [5.41, 5.74) is 1.52. The van der Waals surface area contributed by atoms with E-state index >= 15 is 0 Å². The van der Waals surface area contributed by atoms with Crippen LogP contribution in [-0.2, 0) is 28.3 Å². The number of nitrogens with one attached hydrogen (secondary N) is 1. The van der Waals surface area contributed by atoms with Crippen LogP contribution in [0.1, 0.15) is 22.3 Å². The van der Waals surface area contributed by atoms with E-state index in [9.17, 15) is 13.2 Å². The fraction of sp³-hybridized carbons (Fsp3) is 0.375. The van der Waals surface area contributed by atoms with Crippen LogP contribution in [-0.4, -0.2) is 49.3 Å². The largest absolute Gasteiger partial charge is 0.352 e. The lowest BCUT2D eigenvalue weighted by atomic mass is 10.2. The number of hydrogen-bond donors (Lipinski definition) is 1. The molecule has 25 heavy (non-hydrogen) atoms. The maximum absolute atomic E-state index is 12.1. The molecule has 0 saturated carbocycles. The number of benzene rings is 1. The van der Waals surface area contributed by atoms with Crippen LogP contribution in [0, 0.1) is 0 Å². The van der Waals surface area contributed by atoms with Crippen LogP contribution in [0.25, 0.3) is 0 Å². The molecule has 1 N–H and O–H groups in total. The van der Waals surface area contributed by atoms with Crippen molar-refractivity contribution < 1.29 is 18.0 Å². The molecule has 0 unspecified atom stereocenters. The van der Waals surface area contributed by atoms with E-state index in [1.165, 1.54) is 38.4 Å². The zero-order valence-electron chi connectivity index (χ0n) is 14.5. The van der Waals surface area contributed by atoms with Gasteiger partial charge in [0.2, 0.25) is 0 Å². The lowest BCUT2D eigenvalue weighted by Gasteiger charge is -2.14. The van der Waals surface area contributed by atoms with Gasteiger partial charge in [0.05, 0.1) is 18.2 Å². The first kappa shape index (κ1) is 19.1. The number of hydrogen-bond acceptors (Lipinski definition) is 5. The second-order valence-electron chi connectivity index (χ2n) is 5.50. The molecule has 8 nitrogen and oxygen atoms in total. The predicted octanol–water partition coefficient (Wildman–Crippen LogP) is 0.965. The van der Waals surface area contributed by atoms with Crippen molar-refractivity contribution in [3.8, 4) is 0 Å². The molecule has 1 aromatic carbocycles. The van der Waals surface area contributed by atoms with Crippen molar-refractivity contribution in [2.24, 2.45) is 7.05 Å². The fourth-order valence-corrected chi connectivity index (χ4v) is 3.20. The minimum Gasteiger partial charge on any atom is -0.352 e. The molecule has 1 amide bonds. The SMILES string of the molecule is CON(C)S(=O)(=O)c1ccc(C(=O)NCCCc2cnn(C)c2)cc1. The van der Waals surface area contributed by atoms with E-state index in [1.807, 2.05) is 13.2 Å². The Morgan fingerprint density at radius 3 is 2.56 bits per heavy atom. The van der Waals surface area contributed by atoms with E-state index in [1.54, 1.807) is 10.9 Å². The van der Waals surface area contributed by atoms with Gasteiger partial charge in [0.25, 0.3) is 15.9 Å². The Balaban J connectivity index is 1.88. The number of carbonyl (C=O) groups excluding carboxylic acids is 1. The first-order valence-electron chi connectivity index (χ1n) is 7.73. The minimum absolute atomic E-state index is 0.0602. The van der Waals surface area contributed by atoms with Gasteiger partial charge < -0.3 is 5.32 Å². The Hall–Kier alpha value is -2.23. The normalized spacial score (nSPS) is 11.7. The van der Waals surface area contributed by atoms with Crippen LogP contribution in [0.2, 0.25) is 0 Å². The van der Waals surface area contributed by atoms with Gasteiger partial charge in [-0.15, -0.1) is 0 Å². The summed E-state index contributed by atoms with van der Waals surface area (Å²) in [6.45, 7) is 0.528. The molecule has 2 rings (SSSR count). The molecular weight excluding hydrogens is 344 g/mol. The number of sulfonamides is 1. The van der Waals surface area contributed by atoms with Gasteiger partial charge in [0, 0.05) is 32.4 Å². The van der Waals surface area contributed by atoms with E-state index in [0.29, 0.717) is 12.1 Å². The first-order chi connectivity index (χ1) is 11.8. The van der Waals surface area contributed by atoms with Gasteiger partial charge in [0.15, 0.2) is 0 Å². The third-order valence-corrected chi connectivity index (χ3v) is 5.39. The van der Waals surface area contributed by atoms with Gasteiger partial charge in [-0.25, -0.2) is 8.42 Å². The van der Waals surface area contributed by atoms with Gasteiger partial charge in [-0.05, 0) is 42.7 Å². The number of rotatable bonds is 8. The summed E-state index contributed by atoms with van der Waals surface area (Å²) < 4.78 is 26.7. The average molecular weight is 366 g/mol. The van der Waals surface area contributed by atoms with Crippen molar-refractivity contribution in [1.29, 1.82) is 0 Å². The molecule has 0 aliphatic rings. The minimum atomic E-state index is -3.71. The lowest BCUT2D eigenvalue weighted by molar-refractivity contribution is -0.0258. The highest BCUT2D eigenvalue weighted by atomic mass is 32.2. The summed E-state index contributed by atoms with van der Waals surface area (Å²) in [5, 5.41) is 6.91. The van der Waals surface area contributed by atoms with Crippen LogP contribution in [0.15, 0.2) is 41.6 Å². The number of amides is 1. The van der Waals surface area contributed by atoms with Gasteiger partial charge in [-0.3, -0.25) is 14.3 Å². The second-order valence-corrected chi connectivity index (χ2v) is 7.44. The molecule has 0 bridgehead atoms. The van der Waals surface area contributed by atoms with Crippen molar-refractivity contribution in [2.45, 2.75) is 17.7 Å². The molecular formula is C16H22N4O4S. The van der Waals surface area contributed by atoms with Gasteiger partial charge in [-0.1, -0.05) is 4.47 Å². The second kappa shape index (κ2) is 8.24. The van der Waals surface area contributed by atoms with Crippen LogP contribution in [0.5, 0.6) is 0 Å². The lowest BCUT2D eigenvalue weighted by Crippen LogP contribution is -2.26. The highest BCUT2D eigenvalue weighted by Crippen LogP contribution is 2.15. The first-order valence-corrected chi connectivity index (χ1v) is 9.17. The highest BCUT2D eigenvalue weighted by Gasteiger charge is 2.20. The summed E-state index contributed by atoms with van der Waals surface area (Å²) in [5.74, 6) is -0.241. The molecule has 2 aromatic rings. The van der Waals surface area contributed by atoms with Crippen molar-refractivity contribution >= 4 is 15.9 Å². The quantitative estimate of drug-likeness (QED) is 0.555. The Bertz CT molecular complexity index is 815. The summed E-state index contributed by atoms with van der Waals surface area (Å²) >= 11 is 0. The van der Waals surface area contributed by atoms with Crippen molar-refractivity contribution in [3.63, 3.8) is 0 Å². The van der Waals surface area contributed by atoms with Crippen LogP contribution in [0.4, 0.5) is 0 Å². The Kier molecular flexibility index (Phi) is 6.29. The molecule has 136 valence electrons. The van der Waals surface area contributed by atoms with E-state index in [0.717, 1.165) is 22.9 Å². The number of aromatic nitrogens is 2. The Labute approximate surface area is 147 Å². The molecule has 0 aliphatic carbocycles. The summed E-state index contributed by atoms with van der Waals surface area (Å²) in [6.07, 6.45) is 5.37. The number of hydroxylamine groups is 1. The summed E-state index contributed by atoms with van der Waals surface area (Å²) in [4.78, 5) is 16.9. The third kappa shape index (κ3) is 4.88. The zero-order valence-corrected chi connectivity index (χ0v) is 15.3. The van der Waals surface area contributed by atoms with Crippen LogP contribution >= 0.6 is 0 Å². The van der Waals surface area contributed by atoms with Gasteiger partial charge in [0.1, 0.15) is 0 Å². The highest BCUT2D eigenvalue weighted by molar-refractivity contribution is 7.89. The number of carbonyl (C=O) groups is 1. The topological polar surface area (TPSA) is 93.5 Å². The van der Waals surface area contributed by atoms with E-state index in [-0.39, 0.29) is 10.8 Å².